The second-order valence-corrected chi connectivity index (χ2v) is 7.78. The summed E-state index contributed by atoms with van der Waals surface area (Å²) in [6.07, 6.45) is 4.97. The quantitative estimate of drug-likeness (QED) is 0.765. The Morgan fingerprint density at radius 2 is 1.83 bits per heavy atom. The molecule has 1 unspecified atom stereocenters. The molecule has 0 aromatic rings. The van der Waals surface area contributed by atoms with Crippen molar-refractivity contribution in [1.82, 2.24) is 10.2 Å². The van der Waals surface area contributed by atoms with Gasteiger partial charge in [-0.3, -0.25) is 9.69 Å². The van der Waals surface area contributed by atoms with E-state index in [9.17, 15) is 4.79 Å². The number of morpholine rings is 1. The van der Waals surface area contributed by atoms with E-state index in [2.05, 4.69) is 10.2 Å². The monoisotopic (exact) mass is 385 g/mol. The summed E-state index contributed by atoms with van der Waals surface area (Å²) < 4.78 is 5.47. The van der Waals surface area contributed by atoms with E-state index in [-0.39, 0.29) is 36.3 Å². The van der Waals surface area contributed by atoms with Crippen LogP contribution < -0.4 is 11.1 Å². The van der Waals surface area contributed by atoms with Gasteiger partial charge in [0.15, 0.2) is 0 Å². The predicted molar refractivity (Wildman–Crippen MR) is 100.0 cm³/mol. The van der Waals surface area contributed by atoms with Crippen molar-refractivity contribution in [2.45, 2.75) is 43.2 Å². The molecule has 2 aliphatic heterocycles. The smallest absolute Gasteiger partial charge is 0.240 e. The second-order valence-electron chi connectivity index (χ2n) is 6.67. The molecule has 3 fully saturated rings. The van der Waals surface area contributed by atoms with Crippen LogP contribution in [-0.2, 0) is 9.53 Å². The lowest BCUT2D eigenvalue weighted by Gasteiger charge is -2.43. The van der Waals surface area contributed by atoms with E-state index in [0.717, 1.165) is 70.7 Å². The second kappa shape index (κ2) is 9.11. The number of amides is 1. The molecule has 0 aromatic carbocycles. The topological polar surface area (TPSA) is 67.6 Å². The number of nitrogens with zero attached hydrogens (tertiary/aromatic N) is 1. The SMILES string of the molecule is Cl.Cl.NC1(C(=O)NCC2(N3CCOCC3)CCSC2)CCCC1. The van der Waals surface area contributed by atoms with E-state index in [1.807, 2.05) is 11.8 Å². The molecule has 0 aromatic heterocycles. The Labute approximate surface area is 155 Å². The molecule has 0 spiro atoms. The Balaban J connectivity index is 0.00000132. The lowest BCUT2D eigenvalue weighted by molar-refractivity contribution is -0.127. The van der Waals surface area contributed by atoms with E-state index in [4.69, 9.17) is 10.5 Å². The standard InChI is InChI=1S/C15H27N3O2S.2ClH/c16-15(3-1-2-4-15)13(19)17-11-14(5-10-21-12-14)18-6-8-20-9-7-18;;/h1-12,16H2,(H,17,19);2*1H. The van der Waals surface area contributed by atoms with Crippen LogP contribution in [0.5, 0.6) is 0 Å². The van der Waals surface area contributed by atoms with Crippen molar-refractivity contribution in [2.75, 3.05) is 44.4 Å². The van der Waals surface area contributed by atoms with E-state index >= 15 is 0 Å². The number of nitrogens with two attached hydrogens (primary N) is 1. The van der Waals surface area contributed by atoms with Crippen LogP contribution in [0.2, 0.25) is 0 Å². The van der Waals surface area contributed by atoms with Crippen LogP contribution in [0.1, 0.15) is 32.1 Å². The molecule has 23 heavy (non-hydrogen) atoms. The van der Waals surface area contributed by atoms with Gasteiger partial charge in [-0.15, -0.1) is 24.8 Å². The van der Waals surface area contributed by atoms with Gasteiger partial charge in [0.25, 0.3) is 0 Å². The van der Waals surface area contributed by atoms with Crippen molar-refractivity contribution < 1.29 is 9.53 Å². The lowest BCUT2D eigenvalue weighted by Crippen LogP contribution is -2.61. The average Bonchev–Trinajstić information content (AvgIpc) is 3.16. The van der Waals surface area contributed by atoms with Gasteiger partial charge in [-0.05, 0) is 25.0 Å². The van der Waals surface area contributed by atoms with E-state index in [0.29, 0.717) is 0 Å². The third-order valence-corrected chi connectivity index (χ3v) is 6.52. The first-order valence-electron chi connectivity index (χ1n) is 8.12. The van der Waals surface area contributed by atoms with Crippen LogP contribution >= 0.6 is 36.6 Å². The Kier molecular flexibility index (Phi) is 8.45. The van der Waals surface area contributed by atoms with E-state index in [1.165, 1.54) is 5.75 Å². The molecule has 5 nitrogen and oxygen atoms in total. The van der Waals surface area contributed by atoms with Crippen LogP contribution in [0.15, 0.2) is 0 Å². The molecule has 2 saturated heterocycles. The third-order valence-electron chi connectivity index (χ3n) is 5.29. The molecule has 8 heteroatoms. The van der Waals surface area contributed by atoms with Gasteiger partial charge in [0.2, 0.25) is 5.91 Å². The van der Waals surface area contributed by atoms with Gasteiger partial charge in [0, 0.05) is 30.9 Å². The predicted octanol–water partition coefficient (Wildman–Crippen LogP) is 1.43. The van der Waals surface area contributed by atoms with Crippen molar-refractivity contribution in [2.24, 2.45) is 5.73 Å². The number of rotatable bonds is 4. The van der Waals surface area contributed by atoms with Crippen molar-refractivity contribution in [1.29, 1.82) is 0 Å². The summed E-state index contributed by atoms with van der Waals surface area (Å²) >= 11 is 1.99. The molecule has 1 amide bonds. The number of nitrogens with one attached hydrogen (secondary N) is 1. The van der Waals surface area contributed by atoms with Crippen LogP contribution in [0.4, 0.5) is 0 Å². The summed E-state index contributed by atoms with van der Waals surface area (Å²) in [5, 5.41) is 3.19. The number of ether oxygens (including phenoxy) is 1. The maximum atomic E-state index is 12.5. The van der Waals surface area contributed by atoms with E-state index < -0.39 is 5.54 Å². The zero-order valence-electron chi connectivity index (χ0n) is 13.6. The normalized spacial score (nSPS) is 30.3. The van der Waals surface area contributed by atoms with Gasteiger partial charge in [-0.25, -0.2) is 0 Å². The van der Waals surface area contributed by atoms with Crippen LogP contribution in [-0.4, -0.2) is 66.2 Å². The molecule has 3 N–H and O–H groups in total. The minimum Gasteiger partial charge on any atom is -0.379 e. The maximum absolute atomic E-state index is 12.5. The molecule has 2 heterocycles. The highest BCUT2D eigenvalue weighted by atomic mass is 35.5. The Morgan fingerprint density at radius 1 is 1.17 bits per heavy atom. The van der Waals surface area contributed by atoms with Gasteiger partial charge in [-0.2, -0.15) is 11.8 Å². The van der Waals surface area contributed by atoms with Crippen LogP contribution in [0, 0.1) is 0 Å². The van der Waals surface area contributed by atoms with Gasteiger partial charge in [0.05, 0.1) is 18.8 Å². The van der Waals surface area contributed by atoms with Crippen molar-refractivity contribution in [3.8, 4) is 0 Å². The number of carbonyl (C=O) groups excluding carboxylic acids is 1. The van der Waals surface area contributed by atoms with Gasteiger partial charge < -0.3 is 15.8 Å². The molecule has 1 atom stereocenters. The van der Waals surface area contributed by atoms with Gasteiger partial charge in [-0.1, -0.05) is 12.8 Å². The highest BCUT2D eigenvalue weighted by Gasteiger charge is 2.43. The molecular weight excluding hydrogens is 357 g/mol. The lowest BCUT2D eigenvalue weighted by atomic mass is 9.93. The fourth-order valence-electron chi connectivity index (χ4n) is 3.79. The number of halogens is 2. The Hall–Kier alpha value is 0.280. The fourth-order valence-corrected chi connectivity index (χ4v) is 5.27. The number of thioether (sulfide) groups is 1. The minimum absolute atomic E-state index is 0. The van der Waals surface area contributed by atoms with Crippen LogP contribution in [0.3, 0.4) is 0 Å². The van der Waals surface area contributed by atoms with Crippen molar-refractivity contribution >= 4 is 42.5 Å². The number of carbonyl (C=O) groups is 1. The van der Waals surface area contributed by atoms with Crippen molar-refractivity contribution in [3.05, 3.63) is 0 Å². The Bertz CT molecular complexity index is 383. The highest BCUT2D eigenvalue weighted by Crippen LogP contribution is 2.34. The maximum Gasteiger partial charge on any atom is 0.240 e. The first-order valence-corrected chi connectivity index (χ1v) is 9.28. The Morgan fingerprint density at radius 3 is 2.39 bits per heavy atom. The largest absolute Gasteiger partial charge is 0.379 e. The fraction of sp³-hybridized carbons (Fsp3) is 0.933. The summed E-state index contributed by atoms with van der Waals surface area (Å²) in [5.41, 5.74) is 5.76. The molecular formula is C15H29Cl2N3O2S. The zero-order valence-corrected chi connectivity index (χ0v) is 16.0. The van der Waals surface area contributed by atoms with Crippen molar-refractivity contribution in [3.63, 3.8) is 0 Å². The zero-order chi connectivity index (χ0) is 14.8. The summed E-state index contributed by atoms with van der Waals surface area (Å²) in [6, 6.07) is 0. The first-order chi connectivity index (χ1) is 10.1. The average molecular weight is 386 g/mol. The molecule has 136 valence electrons. The third kappa shape index (κ3) is 4.67. The molecule has 1 saturated carbocycles. The van der Waals surface area contributed by atoms with E-state index in [1.54, 1.807) is 0 Å². The summed E-state index contributed by atoms with van der Waals surface area (Å²) in [7, 11) is 0. The molecule has 3 aliphatic rings. The molecule has 0 bridgehead atoms. The summed E-state index contributed by atoms with van der Waals surface area (Å²) in [6.45, 7) is 4.30. The molecule has 0 radical (unpaired) electrons. The van der Waals surface area contributed by atoms with Gasteiger partial charge >= 0.3 is 0 Å². The van der Waals surface area contributed by atoms with Crippen LogP contribution in [0.25, 0.3) is 0 Å². The summed E-state index contributed by atoms with van der Waals surface area (Å²) in [4.78, 5) is 15.0. The highest BCUT2D eigenvalue weighted by molar-refractivity contribution is 7.99. The first kappa shape index (κ1) is 21.3. The minimum atomic E-state index is -0.613. The van der Waals surface area contributed by atoms with Gasteiger partial charge in [0.1, 0.15) is 0 Å². The number of hydrogen-bond acceptors (Lipinski definition) is 5. The molecule has 3 rings (SSSR count). The molecule has 1 aliphatic carbocycles. The summed E-state index contributed by atoms with van der Waals surface area (Å²) in [5.74, 6) is 2.34. The number of hydrogen-bond donors (Lipinski definition) is 2.